The van der Waals surface area contributed by atoms with Crippen LogP contribution < -0.4 is 20.9 Å². The smallest absolute Gasteiger partial charge is 0.394 e. The standard InChI is InChI=1S/C57H60F4N6O12P2/c1-34(26-36-4-12-42(13-5-36)77-22-3-20-56(58,59)80(70,71)72)40-30-46-44-16-8-38(28-48(44)66-54(62)52(46)64-32-40)10-18-50(68)79-51(69)19-11-39-9-17-45-47-31-41(33-65-53(47)55(63)67-49(45)29-39)35(2)27-37-6-14-43(15-7-37)78-25-24-76-23-21-57(60,61)81(73,74)75/h4-9,12-17,28-35H,3,10-11,18-27H2,1-2H3,(H2,62,66)(H2,63,67)(H2,70,71,72)(H2,73,74,75). The van der Waals surface area contributed by atoms with Gasteiger partial charge in [-0.25, -0.2) is 9.97 Å². The number of nitrogens with two attached hydrogens (primary N) is 2. The zero-order valence-corrected chi connectivity index (χ0v) is 45.9. The molecule has 0 spiro atoms. The molecule has 2 atom stereocenters. The largest absolute Gasteiger partial charge is 0.494 e. The lowest BCUT2D eigenvalue weighted by molar-refractivity contribution is -0.159. The van der Waals surface area contributed by atoms with E-state index in [1.54, 1.807) is 36.7 Å². The topological polar surface area (TPSA) is 290 Å². The number of esters is 2. The average molecular weight is 1160 g/mol. The zero-order chi connectivity index (χ0) is 58.3. The van der Waals surface area contributed by atoms with E-state index in [2.05, 4.69) is 33.8 Å². The Kier molecular flexibility index (Phi) is 18.7. The molecule has 8 rings (SSSR count). The first-order valence-electron chi connectivity index (χ1n) is 25.9. The van der Waals surface area contributed by atoms with Crippen molar-refractivity contribution >= 4 is 82.4 Å². The molecule has 0 aliphatic rings. The second-order valence-electron chi connectivity index (χ2n) is 20.0. The van der Waals surface area contributed by atoms with Crippen LogP contribution in [0.5, 0.6) is 11.5 Å². The van der Waals surface area contributed by atoms with Crippen LogP contribution in [0.1, 0.15) is 91.2 Å². The normalized spacial score (nSPS) is 13.2. The van der Waals surface area contributed by atoms with Crippen LogP contribution in [0.25, 0.3) is 43.6 Å². The third kappa shape index (κ3) is 15.2. The van der Waals surface area contributed by atoms with Crippen molar-refractivity contribution in [3.8, 4) is 11.5 Å². The van der Waals surface area contributed by atoms with Crippen molar-refractivity contribution in [2.24, 2.45) is 0 Å². The van der Waals surface area contributed by atoms with Crippen molar-refractivity contribution < 1.29 is 74.8 Å². The summed E-state index contributed by atoms with van der Waals surface area (Å²) in [5, 5.41) is 3.25. The highest BCUT2D eigenvalue weighted by atomic mass is 31.2. The number of fused-ring (bicyclic) bond motifs is 6. The van der Waals surface area contributed by atoms with Gasteiger partial charge in [-0.2, -0.15) is 17.6 Å². The van der Waals surface area contributed by atoms with Crippen LogP contribution in [0.2, 0.25) is 0 Å². The highest BCUT2D eigenvalue weighted by Gasteiger charge is 2.48. The molecule has 0 aliphatic heterocycles. The molecule has 428 valence electrons. The number of anilines is 2. The number of benzene rings is 4. The molecule has 24 heteroatoms. The number of nitrogens with zero attached hydrogens (tertiary/aromatic N) is 4. The van der Waals surface area contributed by atoms with E-state index >= 15 is 0 Å². The van der Waals surface area contributed by atoms with Crippen molar-refractivity contribution in [3.63, 3.8) is 0 Å². The highest BCUT2D eigenvalue weighted by molar-refractivity contribution is 7.53. The summed E-state index contributed by atoms with van der Waals surface area (Å²) in [5.74, 6) is 0.187. The summed E-state index contributed by atoms with van der Waals surface area (Å²) in [6.45, 7) is 3.47. The second-order valence-corrected chi connectivity index (χ2v) is 23.4. The van der Waals surface area contributed by atoms with Gasteiger partial charge in [-0.15, -0.1) is 0 Å². The maximum absolute atomic E-state index is 13.6. The monoisotopic (exact) mass is 1160 g/mol. The van der Waals surface area contributed by atoms with E-state index in [0.29, 0.717) is 46.4 Å². The van der Waals surface area contributed by atoms with Crippen molar-refractivity contribution in [3.05, 3.63) is 143 Å². The van der Waals surface area contributed by atoms with Crippen LogP contribution >= 0.6 is 15.2 Å². The Balaban J connectivity index is 0.804. The number of aromatic nitrogens is 4. The van der Waals surface area contributed by atoms with E-state index in [4.69, 9.17) is 50.0 Å². The lowest BCUT2D eigenvalue weighted by Crippen LogP contribution is -2.20. The molecule has 4 aromatic carbocycles. The highest BCUT2D eigenvalue weighted by Crippen LogP contribution is 2.55. The molecule has 0 amide bonds. The van der Waals surface area contributed by atoms with Crippen molar-refractivity contribution in [2.45, 2.75) is 94.8 Å². The second kappa shape index (κ2) is 25.3. The summed E-state index contributed by atoms with van der Waals surface area (Å²) in [6, 6.07) is 29.9. The molecule has 0 radical (unpaired) electrons. The molecule has 0 bridgehead atoms. The Morgan fingerprint density at radius 3 is 1.42 bits per heavy atom. The number of hydrogen-bond donors (Lipinski definition) is 6. The Morgan fingerprint density at radius 1 is 0.556 bits per heavy atom. The molecular weight excluding hydrogens is 1100 g/mol. The van der Waals surface area contributed by atoms with Crippen LogP contribution in [0.4, 0.5) is 29.2 Å². The predicted octanol–water partition coefficient (Wildman–Crippen LogP) is 10.9. The molecule has 4 heterocycles. The van der Waals surface area contributed by atoms with Crippen molar-refractivity contribution in [1.29, 1.82) is 0 Å². The lowest BCUT2D eigenvalue weighted by Gasteiger charge is -2.17. The molecule has 81 heavy (non-hydrogen) atoms. The molecule has 0 saturated heterocycles. The van der Waals surface area contributed by atoms with Gasteiger partial charge in [-0.05, 0) is 126 Å². The summed E-state index contributed by atoms with van der Waals surface area (Å²) in [6.07, 6.45) is 2.95. The number of hydrogen-bond acceptors (Lipinski definition) is 14. The first kappa shape index (κ1) is 59.9. The first-order chi connectivity index (χ1) is 38.3. The average Bonchev–Trinajstić information content (AvgIpc) is 3.46. The van der Waals surface area contributed by atoms with Gasteiger partial charge in [-0.3, -0.25) is 28.7 Å². The molecular formula is C57H60F4N6O12P2. The summed E-state index contributed by atoms with van der Waals surface area (Å²) in [4.78, 5) is 79.4. The number of ether oxygens (including phenoxy) is 4. The van der Waals surface area contributed by atoms with Gasteiger partial charge in [-0.1, -0.05) is 62.4 Å². The van der Waals surface area contributed by atoms with Gasteiger partial charge in [0.15, 0.2) is 11.6 Å². The van der Waals surface area contributed by atoms with Crippen LogP contribution in [-0.4, -0.2) is 89.2 Å². The Hall–Kier alpha value is -7.16. The number of carbonyl (C=O) groups excluding carboxylic acids is 2. The number of pyridine rings is 4. The maximum Gasteiger partial charge on any atom is 0.394 e. The fraction of sp³-hybridized carbons (Fsp3) is 0.333. The SMILES string of the molecule is CC(Cc1ccc(OCCCC(F)(F)P(=O)(O)O)cc1)c1cnc2c(N)nc3cc(CCC(=O)OC(=O)CCc4ccc5c(c4)nc(N)c4ncc(C(C)Cc6ccc(OCCOCCC(F)(F)P(=O)(O)O)cc6)cc45)ccc3c2c1. The molecule has 0 fully saturated rings. The number of carbonyl (C=O) groups is 2. The van der Waals surface area contributed by atoms with E-state index in [0.717, 1.165) is 54.9 Å². The Bertz CT molecular complexity index is 3680. The van der Waals surface area contributed by atoms with E-state index in [1.807, 2.05) is 72.8 Å². The summed E-state index contributed by atoms with van der Waals surface area (Å²) >= 11 is 0. The Morgan fingerprint density at radius 2 is 0.975 bits per heavy atom. The quantitative estimate of drug-likeness (QED) is 0.00733. The summed E-state index contributed by atoms with van der Waals surface area (Å²) in [5.41, 5.74) is 12.3. The minimum absolute atomic E-state index is 0.0179. The zero-order valence-electron chi connectivity index (χ0n) is 44.1. The fourth-order valence-corrected chi connectivity index (χ4v) is 10.0. The van der Waals surface area contributed by atoms with Gasteiger partial charge in [0.1, 0.15) is 29.1 Å². The number of nitrogen functional groups attached to an aromatic ring is 2. The number of aryl methyl sites for hydroxylation is 2. The van der Waals surface area contributed by atoms with Gasteiger partial charge in [0.25, 0.3) is 0 Å². The molecule has 18 nitrogen and oxygen atoms in total. The van der Waals surface area contributed by atoms with Gasteiger partial charge >= 0.3 is 38.5 Å². The summed E-state index contributed by atoms with van der Waals surface area (Å²) in [7, 11) is -11.1. The molecule has 0 saturated carbocycles. The molecule has 0 aliphatic carbocycles. The Labute approximate surface area is 462 Å². The van der Waals surface area contributed by atoms with E-state index in [1.165, 1.54) is 0 Å². The summed E-state index contributed by atoms with van der Waals surface area (Å²) < 4.78 is 97.2. The van der Waals surface area contributed by atoms with Crippen LogP contribution in [0.3, 0.4) is 0 Å². The van der Waals surface area contributed by atoms with Crippen LogP contribution in [0, 0.1) is 0 Å². The van der Waals surface area contributed by atoms with Crippen LogP contribution in [-0.2, 0) is 53.9 Å². The van der Waals surface area contributed by atoms with Gasteiger partial charge < -0.3 is 50.0 Å². The predicted molar refractivity (Wildman–Crippen MR) is 297 cm³/mol. The van der Waals surface area contributed by atoms with Crippen molar-refractivity contribution in [2.75, 3.05) is 37.9 Å². The van der Waals surface area contributed by atoms with E-state index in [9.17, 15) is 36.3 Å². The molecule has 8 N–H and O–H groups in total. The minimum Gasteiger partial charge on any atom is -0.494 e. The molecule has 4 aromatic heterocycles. The number of alkyl halides is 4. The molecule has 8 aromatic rings. The fourth-order valence-electron chi connectivity index (χ4n) is 9.18. The maximum atomic E-state index is 13.6. The minimum atomic E-state index is -5.56. The third-order valence-electron chi connectivity index (χ3n) is 13.8. The third-order valence-corrected chi connectivity index (χ3v) is 16.0. The number of rotatable bonds is 26. The van der Waals surface area contributed by atoms with Crippen LogP contribution in [0.15, 0.2) is 109 Å². The van der Waals surface area contributed by atoms with E-state index in [-0.39, 0.29) is 75.4 Å². The number of halogens is 4. The van der Waals surface area contributed by atoms with Gasteiger partial charge in [0.2, 0.25) is 0 Å². The van der Waals surface area contributed by atoms with Gasteiger partial charge in [0, 0.05) is 46.8 Å². The molecule has 2 unspecified atom stereocenters. The van der Waals surface area contributed by atoms with Gasteiger partial charge in [0.05, 0.1) is 43.7 Å². The lowest BCUT2D eigenvalue weighted by atomic mass is 9.93. The van der Waals surface area contributed by atoms with E-state index < -0.39 is 57.9 Å². The first-order valence-corrected chi connectivity index (χ1v) is 29.1. The van der Waals surface area contributed by atoms with Crippen molar-refractivity contribution in [1.82, 2.24) is 19.9 Å².